The fourth-order valence-corrected chi connectivity index (χ4v) is 3.74. The maximum atomic E-state index is 13.3. The minimum absolute atomic E-state index is 0.149. The van der Waals surface area contributed by atoms with Gasteiger partial charge in [-0.25, -0.2) is 21.6 Å². The molecule has 0 spiro atoms. The minimum atomic E-state index is -5.03. The van der Waals surface area contributed by atoms with Crippen molar-refractivity contribution >= 4 is 15.8 Å². The third kappa shape index (κ3) is 4.40. The molecule has 2 unspecified atom stereocenters. The maximum absolute atomic E-state index is 13.3. The summed E-state index contributed by atoms with van der Waals surface area (Å²) in [6.07, 6.45) is -7.05. The number of carbonyl (C=O) groups is 1. The molecule has 0 saturated heterocycles. The lowest BCUT2D eigenvalue weighted by Crippen LogP contribution is -2.34. The molecule has 4 nitrogen and oxygen atoms in total. The van der Waals surface area contributed by atoms with Crippen molar-refractivity contribution in [1.29, 1.82) is 0 Å². The third-order valence-electron chi connectivity index (χ3n) is 3.22. The summed E-state index contributed by atoms with van der Waals surface area (Å²) >= 11 is 0. The van der Waals surface area contributed by atoms with Gasteiger partial charge in [0, 0.05) is 0 Å². The van der Waals surface area contributed by atoms with Gasteiger partial charge in [0.05, 0.1) is 18.8 Å². The zero-order valence-electron chi connectivity index (χ0n) is 12.3. The van der Waals surface area contributed by atoms with Gasteiger partial charge in [0.1, 0.15) is 0 Å². The normalized spacial score (nSPS) is 15.0. The summed E-state index contributed by atoms with van der Waals surface area (Å²) < 4.78 is 106. The number of hydrogen-bond acceptors (Lipinski definition) is 4. The van der Waals surface area contributed by atoms with E-state index in [2.05, 4.69) is 4.74 Å². The van der Waals surface area contributed by atoms with E-state index in [0.29, 0.717) is 0 Å². The number of benzene rings is 1. The molecule has 0 heterocycles. The first-order valence-electron chi connectivity index (χ1n) is 6.33. The average molecular weight is 378 g/mol. The van der Waals surface area contributed by atoms with E-state index in [1.807, 2.05) is 0 Å². The zero-order valence-corrected chi connectivity index (χ0v) is 13.1. The molecule has 0 bridgehead atoms. The van der Waals surface area contributed by atoms with Crippen LogP contribution >= 0.6 is 0 Å². The van der Waals surface area contributed by atoms with Gasteiger partial charge in [-0.1, -0.05) is 0 Å². The fraction of sp³-hybridized carbons (Fsp3) is 0.462. The summed E-state index contributed by atoms with van der Waals surface area (Å²) in [5.74, 6) is -7.00. The van der Waals surface area contributed by atoms with Crippen molar-refractivity contribution in [1.82, 2.24) is 0 Å². The largest absolute Gasteiger partial charge is 0.468 e. The van der Waals surface area contributed by atoms with Crippen molar-refractivity contribution < 1.29 is 44.3 Å². The molecule has 136 valence electrons. The van der Waals surface area contributed by atoms with Crippen molar-refractivity contribution in [3.8, 4) is 0 Å². The van der Waals surface area contributed by atoms with Crippen LogP contribution in [0.25, 0.3) is 0 Å². The number of esters is 1. The Morgan fingerprint density at radius 2 is 1.62 bits per heavy atom. The smallest absolute Gasteiger partial charge is 0.390 e. The molecule has 0 saturated carbocycles. The second-order valence-electron chi connectivity index (χ2n) is 4.86. The van der Waals surface area contributed by atoms with Crippen LogP contribution < -0.4 is 0 Å². The molecule has 0 radical (unpaired) electrons. The van der Waals surface area contributed by atoms with Crippen LogP contribution in [-0.2, 0) is 19.4 Å². The van der Waals surface area contributed by atoms with Crippen molar-refractivity contribution in [2.75, 3.05) is 7.11 Å². The predicted molar refractivity (Wildman–Crippen MR) is 70.1 cm³/mol. The molecule has 0 fully saturated rings. The Morgan fingerprint density at radius 1 is 1.17 bits per heavy atom. The van der Waals surface area contributed by atoms with Crippen molar-refractivity contribution in [2.45, 2.75) is 30.0 Å². The van der Waals surface area contributed by atoms with E-state index in [9.17, 15) is 39.6 Å². The first kappa shape index (κ1) is 20.3. The van der Waals surface area contributed by atoms with E-state index in [4.69, 9.17) is 0 Å². The van der Waals surface area contributed by atoms with Crippen LogP contribution in [-0.4, -0.2) is 32.9 Å². The van der Waals surface area contributed by atoms with E-state index < -0.39 is 61.9 Å². The Kier molecular flexibility index (Phi) is 5.91. The van der Waals surface area contributed by atoms with Crippen LogP contribution in [0.2, 0.25) is 0 Å². The minimum Gasteiger partial charge on any atom is -0.468 e. The van der Waals surface area contributed by atoms with Gasteiger partial charge in [-0.15, -0.1) is 0 Å². The summed E-state index contributed by atoms with van der Waals surface area (Å²) in [7, 11) is -4.07. The van der Waals surface area contributed by atoms with Crippen molar-refractivity contribution in [2.24, 2.45) is 0 Å². The molecule has 1 aromatic carbocycles. The Labute approximate surface area is 133 Å². The van der Waals surface area contributed by atoms with Gasteiger partial charge >= 0.3 is 12.1 Å². The molecule has 0 aliphatic heterocycles. The average Bonchev–Trinajstić information content (AvgIpc) is 2.47. The van der Waals surface area contributed by atoms with Crippen LogP contribution in [0.5, 0.6) is 0 Å². The number of ether oxygens (including phenoxy) is 1. The van der Waals surface area contributed by atoms with E-state index in [-0.39, 0.29) is 12.1 Å². The SMILES string of the molecule is COC(=O)C(C)S(=O)(=O)C(CC(F)(F)F)c1cc(F)c(F)c(F)c1. The highest BCUT2D eigenvalue weighted by molar-refractivity contribution is 7.93. The molecule has 2 atom stereocenters. The molecule has 1 rings (SSSR count). The predicted octanol–water partition coefficient (Wildman–Crippen LogP) is 3.07. The summed E-state index contributed by atoms with van der Waals surface area (Å²) in [5, 5.41) is -4.53. The molecule has 24 heavy (non-hydrogen) atoms. The van der Waals surface area contributed by atoms with E-state index in [1.54, 1.807) is 0 Å². The summed E-state index contributed by atoms with van der Waals surface area (Å²) in [4.78, 5) is 11.4. The molecule has 11 heteroatoms. The number of rotatable bonds is 5. The van der Waals surface area contributed by atoms with Crippen LogP contribution in [0, 0.1) is 17.5 Å². The molecular formula is C13H12F6O4S. The highest BCUT2D eigenvalue weighted by atomic mass is 32.2. The third-order valence-corrected chi connectivity index (χ3v) is 5.63. The lowest BCUT2D eigenvalue weighted by atomic mass is 10.1. The van der Waals surface area contributed by atoms with Gasteiger partial charge in [-0.2, -0.15) is 13.2 Å². The lowest BCUT2D eigenvalue weighted by molar-refractivity contribution is -0.140. The van der Waals surface area contributed by atoms with Gasteiger partial charge in [0.2, 0.25) is 0 Å². The Balaban J connectivity index is 3.51. The fourth-order valence-electron chi connectivity index (χ4n) is 1.94. The van der Waals surface area contributed by atoms with Crippen molar-refractivity contribution in [3.63, 3.8) is 0 Å². The van der Waals surface area contributed by atoms with Crippen LogP contribution in [0.1, 0.15) is 24.2 Å². The van der Waals surface area contributed by atoms with E-state index in [1.165, 1.54) is 0 Å². The quantitative estimate of drug-likeness (QED) is 0.449. The zero-order chi connectivity index (χ0) is 18.9. The monoisotopic (exact) mass is 378 g/mol. The summed E-state index contributed by atoms with van der Waals surface area (Å²) in [6, 6.07) is 0.298. The Hall–Kier alpha value is -1.78. The maximum Gasteiger partial charge on any atom is 0.390 e. The van der Waals surface area contributed by atoms with Crippen LogP contribution in [0.15, 0.2) is 12.1 Å². The first-order chi connectivity index (χ1) is 10.8. The van der Waals surface area contributed by atoms with Crippen molar-refractivity contribution in [3.05, 3.63) is 35.1 Å². The topological polar surface area (TPSA) is 60.4 Å². The molecule has 1 aromatic rings. The van der Waals surface area contributed by atoms with Gasteiger partial charge in [-0.05, 0) is 24.6 Å². The number of carbonyl (C=O) groups excluding carboxylic acids is 1. The highest BCUT2D eigenvalue weighted by Gasteiger charge is 2.44. The summed E-state index contributed by atoms with van der Waals surface area (Å²) in [5.41, 5.74) is -0.959. The number of methoxy groups -OCH3 is 1. The van der Waals surface area contributed by atoms with E-state index in [0.717, 1.165) is 14.0 Å². The molecule has 0 amide bonds. The van der Waals surface area contributed by atoms with E-state index >= 15 is 0 Å². The van der Waals surface area contributed by atoms with Crippen LogP contribution in [0.3, 0.4) is 0 Å². The number of alkyl halides is 3. The number of sulfone groups is 1. The standard InChI is InChI=1S/C13H12F6O4S/c1-6(12(20)23-2)24(21,22)10(5-13(17,18)19)7-3-8(14)11(16)9(15)4-7/h3-4,6,10H,5H2,1-2H3. The Bertz CT molecular complexity index is 705. The van der Waals surface area contributed by atoms with Crippen LogP contribution in [0.4, 0.5) is 26.3 Å². The molecule has 0 N–H and O–H groups in total. The summed E-state index contributed by atoms with van der Waals surface area (Å²) in [6.45, 7) is 0.779. The lowest BCUT2D eigenvalue weighted by Gasteiger charge is -2.22. The van der Waals surface area contributed by atoms with Gasteiger partial charge in [0.25, 0.3) is 0 Å². The van der Waals surface area contributed by atoms with Gasteiger partial charge in [0.15, 0.2) is 32.5 Å². The second kappa shape index (κ2) is 6.99. The molecule has 0 aromatic heterocycles. The molecular weight excluding hydrogens is 366 g/mol. The second-order valence-corrected chi connectivity index (χ2v) is 7.32. The first-order valence-corrected chi connectivity index (χ1v) is 7.94. The number of hydrogen-bond donors (Lipinski definition) is 0. The molecule has 0 aliphatic carbocycles. The number of halogens is 6. The molecule has 0 aliphatic rings. The highest BCUT2D eigenvalue weighted by Crippen LogP contribution is 2.38. The van der Waals surface area contributed by atoms with Gasteiger partial charge in [-0.3, -0.25) is 4.79 Å². The van der Waals surface area contributed by atoms with Gasteiger partial charge < -0.3 is 4.74 Å². The Morgan fingerprint density at radius 3 is 2.00 bits per heavy atom.